The lowest BCUT2D eigenvalue weighted by Crippen LogP contribution is -2.49. The van der Waals surface area contributed by atoms with Crippen LogP contribution in [0.15, 0.2) is 12.1 Å². The third kappa shape index (κ3) is 5.02. The van der Waals surface area contributed by atoms with Crippen molar-refractivity contribution in [2.75, 3.05) is 25.4 Å². The summed E-state index contributed by atoms with van der Waals surface area (Å²) < 4.78 is 32.1. The summed E-state index contributed by atoms with van der Waals surface area (Å²) in [5.74, 6) is 0.121. The predicted octanol–water partition coefficient (Wildman–Crippen LogP) is 2.14. The third-order valence-electron chi connectivity index (χ3n) is 4.58. The van der Waals surface area contributed by atoms with Crippen LogP contribution in [0.5, 0.6) is 0 Å². The van der Waals surface area contributed by atoms with Gasteiger partial charge in [0.1, 0.15) is 0 Å². The van der Waals surface area contributed by atoms with E-state index in [1.165, 1.54) is 22.3 Å². The standard InChI is InChI=1S/C18H30N2O3S/c1-13-8-15(3)18(9-14(13)2)10-19-6-7-24(21,22)20-11-16(4)23-17(5)12-20/h8-9,16-17,19H,6-7,10-12H2,1-5H3. The van der Waals surface area contributed by atoms with E-state index >= 15 is 0 Å². The fourth-order valence-corrected chi connectivity index (χ4v) is 4.66. The van der Waals surface area contributed by atoms with E-state index in [1.54, 1.807) is 4.31 Å². The average molecular weight is 355 g/mol. The number of rotatable bonds is 6. The number of nitrogens with one attached hydrogen (secondary N) is 1. The quantitative estimate of drug-likeness (QED) is 0.795. The van der Waals surface area contributed by atoms with Crippen LogP contribution in [0.2, 0.25) is 0 Å². The number of sulfonamides is 1. The first kappa shape index (κ1) is 19.4. The summed E-state index contributed by atoms with van der Waals surface area (Å²) in [4.78, 5) is 0. The third-order valence-corrected chi connectivity index (χ3v) is 6.39. The predicted molar refractivity (Wildman–Crippen MR) is 97.7 cm³/mol. The molecule has 1 saturated heterocycles. The maximum Gasteiger partial charge on any atom is 0.215 e. The Labute approximate surface area is 146 Å². The minimum atomic E-state index is -3.24. The number of hydrogen-bond acceptors (Lipinski definition) is 4. The number of nitrogens with zero attached hydrogens (tertiary/aromatic N) is 1. The van der Waals surface area contributed by atoms with E-state index in [1.807, 2.05) is 13.8 Å². The van der Waals surface area contributed by atoms with E-state index in [0.717, 1.165) is 0 Å². The van der Waals surface area contributed by atoms with Crippen LogP contribution in [0.4, 0.5) is 0 Å². The highest BCUT2D eigenvalue weighted by Crippen LogP contribution is 2.16. The smallest absolute Gasteiger partial charge is 0.215 e. The van der Waals surface area contributed by atoms with Crippen molar-refractivity contribution in [1.29, 1.82) is 0 Å². The zero-order valence-corrected chi connectivity index (χ0v) is 16.2. The highest BCUT2D eigenvalue weighted by Gasteiger charge is 2.30. The molecule has 0 aromatic heterocycles. The summed E-state index contributed by atoms with van der Waals surface area (Å²) in [5.41, 5.74) is 5.02. The van der Waals surface area contributed by atoms with Crippen LogP contribution in [0.25, 0.3) is 0 Å². The van der Waals surface area contributed by atoms with Crippen molar-refractivity contribution in [3.8, 4) is 0 Å². The van der Waals surface area contributed by atoms with Gasteiger partial charge in [-0.1, -0.05) is 12.1 Å². The molecule has 0 spiro atoms. The highest BCUT2D eigenvalue weighted by atomic mass is 32.2. The molecule has 6 heteroatoms. The Kier molecular flexibility index (Phi) is 6.42. The molecule has 5 nitrogen and oxygen atoms in total. The molecule has 0 radical (unpaired) electrons. The SMILES string of the molecule is Cc1cc(C)c(CNCCS(=O)(=O)N2CC(C)OC(C)C2)cc1C. The van der Waals surface area contributed by atoms with Gasteiger partial charge in [0.2, 0.25) is 10.0 Å². The summed E-state index contributed by atoms with van der Waals surface area (Å²) in [6.45, 7) is 12.2. The zero-order valence-electron chi connectivity index (χ0n) is 15.4. The number of ether oxygens (including phenoxy) is 1. The first-order valence-corrected chi connectivity index (χ1v) is 10.2. The lowest BCUT2D eigenvalue weighted by Gasteiger charge is -2.34. The summed E-state index contributed by atoms with van der Waals surface area (Å²) in [6.07, 6.45) is -0.0932. The monoisotopic (exact) mass is 354 g/mol. The number of benzene rings is 1. The summed E-state index contributed by atoms with van der Waals surface area (Å²) in [5, 5.41) is 3.27. The normalized spacial score (nSPS) is 22.7. The molecule has 136 valence electrons. The van der Waals surface area contributed by atoms with Crippen LogP contribution < -0.4 is 5.32 Å². The number of hydrogen-bond donors (Lipinski definition) is 1. The van der Waals surface area contributed by atoms with Gasteiger partial charge in [-0.2, -0.15) is 4.31 Å². The molecule has 1 fully saturated rings. The molecule has 1 N–H and O–H groups in total. The Morgan fingerprint density at radius 1 is 1.08 bits per heavy atom. The molecule has 2 atom stereocenters. The lowest BCUT2D eigenvalue weighted by atomic mass is 10.0. The van der Waals surface area contributed by atoms with E-state index < -0.39 is 10.0 Å². The Bertz CT molecular complexity index is 663. The van der Waals surface area contributed by atoms with Crippen LogP contribution in [-0.4, -0.2) is 50.3 Å². The molecule has 2 unspecified atom stereocenters. The van der Waals surface area contributed by atoms with Gasteiger partial charge < -0.3 is 10.1 Å². The Morgan fingerprint density at radius 2 is 1.67 bits per heavy atom. The fraction of sp³-hybridized carbons (Fsp3) is 0.667. The topological polar surface area (TPSA) is 58.6 Å². The van der Waals surface area contributed by atoms with Crippen LogP contribution in [0.3, 0.4) is 0 Å². The van der Waals surface area contributed by atoms with Crippen LogP contribution in [0.1, 0.15) is 36.1 Å². The molecule has 1 aliphatic rings. The second-order valence-electron chi connectivity index (χ2n) is 6.93. The van der Waals surface area contributed by atoms with Gasteiger partial charge in [0.25, 0.3) is 0 Å². The van der Waals surface area contributed by atoms with Crippen molar-refractivity contribution in [2.45, 2.75) is 53.4 Å². The van der Waals surface area contributed by atoms with Crippen molar-refractivity contribution < 1.29 is 13.2 Å². The Hall–Kier alpha value is -0.950. The van der Waals surface area contributed by atoms with Gasteiger partial charge in [-0.05, 0) is 56.9 Å². The minimum absolute atomic E-state index is 0.0466. The summed E-state index contributed by atoms with van der Waals surface area (Å²) in [6, 6.07) is 4.36. The van der Waals surface area contributed by atoms with E-state index in [2.05, 4.69) is 38.2 Å². The van der Waals surface area contributed by atoms with E-state index in [-0.39, 0.29) is 18.0 Å². The maximum absolute atomic E-state index is 12.5. The molecule has 2 rings (SSSR count). The molecule has 1 aliphatic heterocycles. The first-order valence-electron chi connectivity index (χ1n) is 8.60. The van der Waals surface area contributed by atoms with E-state index in [4.69, 9.17) is 4.74 Å². The van der Waals surface area contributed by atoms with Crippen LogP contribution in [0, 0.1) is 20.8 Å². The van der Waals surface area contributed by atoms with Crippen molar-refractivity contribution in [2.24, 2.45) is 0 Å². The molecule has 0 bridgehead atoms. The van der Waals surface area contributed by atoms with Crippen molar-refractivity contribution in [3.63, 3.8) is 0 Å². The van der Waals surface area contributed by atoms with Gasteiger partial charge in [-0.3, -0.25) is 0 Å². The zero-order chi connectivity index (χ0) is 17.9. The molecule has 0 aliphatic carbocycles. The number of aryl methyl sites for hydroxylation is 3. The van der Waals surface area contributed by atoms with Crippen molar-refractivity contribution in [3.05, 3.63) is 34.4 Å². The van der Waals surface area contributed by atoms with Gasteiger partial charge in [-0.15, -0.1) is 0 Å². The first-order chi connectivity index (χ1) is 11.2. The minimum Gasteiger partial charge on any atom is -0.373 e. The molecule has 0 amide bonds. The van der Waals surface area contributed by atoms with Gasteiger partial charge in [0.05, 0.1) is 18.0 Å². The molecule has 1 heterocycles. The lowest BCUT2D eigenvalue weighted by molar-refractivity contribution is -0.0440. The van der Waals surface area contributed by atoms with Crippen molar-refractivity contribution >= 4 is 10.0 Å². The Morgan fingerprint density at radius 3 is 2.29 bits per heavy atom. The maximum atomic E-state index is 12.5. The second kappa shape index (κ2) is 7.95. The second-order valence-corrected chi connectivity index (χ2v) is 9.02. The van der Waals surface area contributed by atoms with Crippen LogP contribution >= 0.6 is 0 Å². The summed E-state index contributed by atoms with van der Waals surface area (Å²) >= 11 is 0. The van der Waals surface area contributed by atoms with Crippen molar-refractivity contribution in [1.82, 2.24) is 9.62 Å². The molecule has 1 aromatic carbocycles. The van der Waals surface area contributed by atoms with E-state index in [9.17, 15) is 8.42 Å². The molecule has 1 aromatic rings. The molecular formula is C18H30N2O3S. The molecule has 24 heavy (non-hydrogen) atoms. The van der Waals surface area contributed by atoms with Gasteiger partial charge in [0, 0.05) is 26.2 Å². The summed E-state index contributed by atoms with van der Waals surface area (Å²) in [7, 11) is -3.24. The van der Waals surface area contributed by atoms with Gasteiger partial charge in [0.15, 0.2) is 0 Å². The molecular weight excluding hydrogens is 324 g/mol. The van der Waals surface area contributed by atoms with Gasteiger partial charge in [-0.25, -0.2) is 8.42 Å². The van der Waals surface area contributed by atoms with E-state index in [0.29, 0.717) is 26.2 Å². The van der Waals surface area contributed by atoms with Gasteiger partial charge >= 0.3 is 0 Å². The van der Waals surface area contributed by atoms with Crippen LogP contribution in [-0.2, 0) is 21.3 Å². The molecule has 0 saturated carbocycles. The fourth-order valence-electron chi connectivity index (χ4n) is 3.12. The number of morpholine rings is 1. The average Bonchev–Trinajstić information content (AvgIpc) is 2.47. The highest BCUT2D eigenvalue weighted by molar-refractivity contribution is 7.89. The Balaban J connectivity index is 1.86. The largest absolute Gasteiger partial charge is 0.373 e.